The van der Waals surface area contributed by atoms with Gasteiger partial charge in [0.1, 0.15) is 0 Å². The summed E-state index contributed by atoms with van der Waals surface area (Å²) in [6.45, 7) is 10.3. The Kier molecular flexibility index (Phi) is 5.85. The van der Waals surface area contributed by atoms with E-state index in [2.05, 4.69) is 26.9 Å². The van der Waals surface area contributed by atoms with Gasteiger partial charge >= 0.3 is 0 Å². The predicted molar refractivity (Wildman–Crippen MR) is 115 cm³/mol. The first-order valence-electron chi connectivity index (χ1n) is 10.4. The SMILES string of the molecule is CCN1CCN(c2ccc(-c3ccc(C)c(S(=O)(=O)N4CCCC4)c3)nn2)CC1. The summed E-state index contributed by atoms with van der Waals surface area (Å²) >= 11 is 0. The number of piperazine rings is 1. The molecule has 1 aromatic carbocycles. The number of hydrogen-bond acceptors (Lipinski definition) is 6. The van der Waals surface area contributed by atoms with E-state index in [1.807, 2.05) is 31.2 Å². The van der Waals surface area contributed by atoms with E-state index in [4.69, 9.17) is 0 Å². The number of rotatable bonds is 5. The Balaban J connectivity index is 1.56. The Bertz CT molecular complexity index is 948. The number of benzene rings is 1. The van der Waals surface area contributed by atoms with Gasteiger partial charge in [0.05, 0.1) is 10.6 Å². The van der Waals surface area contributed by atoms with Gasteiger partial charge in [-0.15, -0.1) is 10.2 Å². The van der Waals surface area contributed by atoms with Crippen LogP contribution in [0, 0.1) is 6.92 Å². The molecule has 0 bridgehead atoms. The summed E-state index contributed by atoms with van der Waals surface area (Å²) in [5, 5.41) is 8.82. The summed E-state index contributed by atoms with van der Waals surface area (Å²) in [6.07, 6.45) is 1.86. The van der Waals surface area contributed by atoms with E-state index in [9.17, 15) is 8.42 Å². The summed E-state index contributed by atoms with van der Waals surface area (Å²) in [5.74, 6) is 0.876. The first kappa shape index (κ1) is 20.3. The minimum atomic E-state index is -3.46. The summed E-state index contributed by atoms with van der Waals surface area (Å²) in [4.78, 5) is 5.05. The van der Waals surface area contributed by atoms with Crippen molar-refractivity contribution in [3.05, 3.63) is 35.9 Å². The molecule has 4 rings (SSSR count). The van der Waals surface area contributed by atoms with Crippen LogP contribution in [0.4, 0.5) is 5.82 Å². The molecule has 0 aliphatic carbocycles. The van der Waals surface area contributed by atoms with Crippen molar-refractivity contribution in [3.8, 4) is 11.3 Å². The molecule has 0 radical (unpaired) electrons. The average Bonchev–Trinajstić information content (AvgIpc) is 3.30. The minimum Gasteiger partial charge on any atom is -0.353 e. The van der Waals surface area contributed by atoms with E-state index in [1.54, 1.807) is 10.4 Å². The zero-order chi connectivity index (χ0) is 20.4. The van der Waals surface area contributed by atoms with Crippen LogP contribution in [0.3, 0.4) is 0 Å². The Morgan fingerprint density at radius 1 is 0.931 bits per heavy atom. The van der Waals surface area contributed by atoms with Gasteiger partial charge in [-0.2, -0.15) is 4.31 Å². The third-order valence-corrected chi connectivity index (χ3v) is 8.00. The number of anilines is 1. The maximum Gasteiger partial charge on any atom is 0.243 e. The lowest BCUT2D eigenvalue weighted by molar-refractivity contribution is 0.270. The highest BCUT2D eigenvalue weighted by Crippen LogP contribution is 2.28. The van der Waals surface area contributed by atoms with Crippen LogP contribution in [-0.4, -0.2) is 73.6 Å². The lowest BCUT2D eigenvalue weighted by atomic mass is 10.1. The standard InChI is InChI=1S/C21H29N5O2S/c1-3-24-12-14-25(15-13-24)21-9-8-19(22-23-21)18-7-6-17(2)20(16-18)29(27,28)26-10-4-5-11-26/h6-9,16H,3-5,10-15H2,1-2H3. The highest BCUT2D eigenvalue weighted by Gasteiger charge is 2.29. The molecule has 2 aliphatic rings. The van der Waals surface area contributed by atoms with Crippen molar-refractivity contribution >= 4 is 15.8 Å². The van der Waals surface area contributed by atoms with Crippen molar-refractivity contribution in [2.75, 3.05) is 50.7 Å². The van der Waals surface area contributed by atoms with Crippen molar-refractivity contribution in [3.63, 3.8) is 0 Å². The lowest BCUT2D eigenvalue weighted by Crippen LogP contribution is -2.46. The number of aromatic nitrogens is 2. The largest absolute Gasteiger partial charge is 0.353 e. The van der Waals surface area contributed by atoms with E-state index in [0.717, 1.165) is 62.5 Å². The van der Waals surface area contributed by atoms with Crippen molar-refractivity contribution in [1.29, 1.82) is 0 Å². The monoisotopic (exact) mass is 415 g/mol. The number of likely N-dealkylation sites (N-methyl/N-ethyl adjacent to an activating group) is 1. The first-order valence-corrected chi connectivity index (χ1v) is 11.9. The van der Waals surface area contributed by atoms with Crippen LogP contribution >= 0.6 is 0 Å². The summed E-state index contributed by atoms with van der Waals surface area (Å²) in [7, 11) is -3.46. The minimum absolute atomic E-state index is 0.374. The van der Waals surface area contributed by atoms with E-state index < -0.39 is 10.0 Å². The molecular formula is C21H29N5O2S. The van der Waals surface area contributed by atoms with Crippen molar-refractivity contribution in [2.45, 2.75) is 31.6 Å². The molecule has 0 saturated carbocycles. The summed E-state index contributed by atoms with van der Waals surface area (Å²) < 4.78 is 27.6. The quantitative estimate of drug-likeness (QED) is 0.747. The van der Waals surface area contributed by atoms with Gasteiger partial charge in [0.2, 0.25) is 10.0 Å². The van der Waals surface area contributed by atoms with Crippen LogP contribution in [0.2, 0.25) is 0 Å². The predicted octanol–water partition coefficient (Wildman–Crippen LogP) is 2.38. The Hall–Kier alpha value is -2.03. The maximum atomic E-state index is 13.0. The van der Waals surface area contributed by atoms with Gasteiger partial charge in [-0.3, -0.25) is 0 Å². The van der Waals surface area contributed by atoms with Crippen molar-refractivity contribution < 1.29 is 8.42 Å². The van der Waals surface area contributed by atoms with Crippen LogP contribution in [0.25, 0.3) is 11.3 Å². The topological polar surface area (TPSA) is 69.6 Å². The molecule has 8 heteroatoms. The van der Waals surface area contributed by atoms with Gasteiger partial charge in [0, 0.05) is 44.8 Å². The molecule has 2 aliphatic heterocycles. The number of sulfonamides is 1. The Morgan fingerprint density at radius 3 is 2.28 bits per heavy atom. The number of hydrogen-bond donors (Lipinski definition) is 0. The fraction of sp³-hybridized carbons (Fsp3) is 0.524. The molecule has 29 heavy (non-hydrogen) atoms. The summed E-state index contributed by atoms with van der Waals surface area (Å²) in [6, 6.07) is 9.44. The van der Waals surface area contributed by atoms with Gasteiger partial charge < -0.3 is 9.80 Å². The fourth-order valence-electron chi connectivity index (χ4n) is 4.05. The van der Waals surface area contributed by atoms with Gasteiger partial charge in [0.15, 0.2) is 5.82 Å². The van der Waals surface area contributed by atoms with Crippen LogP contribution in [-0.2, 0) is 10.0 Å². The second kappa shape index (κ2) is 8.38. The molecular weight excluding hydrogens is 386 g/mol. The maximum absolute atomic E-state index is 13.0. The molecule has 0 unspecified atom stereocenters. The van der Waals surface area contributed by atoms with Gasteiger partial charge in [0.25, 0.3) is 0 Å². The molecule has 2 fully saturated rings. The van der Waals surface area contributed by atoms with Crippen LogP contribution in [0.15, 0.2) is 35.2 Å². The number of nitrogens with zero attached hydrogens (tertiary/aromatic N) is 5. The molecule has 1 aromatic heterocycles. The first-order chi connectivity index (χ1) is 14.0. The van der Waals surface area contributed by atoms with Crippen LogP contribution in [0.1, 0.15) is 25.3 Å². The molecule has 3 heterocycles. The smallest absolute Gasteiger partial charge is 0.243 e. The third-order valence-electron chi connectivity index (χ3n) is 5.96. The van der Waals surface area contributed by atoms with Gasteiger partial charge in [-0.05, 0) is 50.1 Å². The molecule has 0 spiro atoms. The highest BCUT2D eigenvalue weighted by atomic mass is 32.2. The Morgan fingerprint density at radius 2 is 1.66 bits per heavy atom. The average molecular weight is 416 g/mol. The second-order valence-corrected chi connectivity index (χ2v) is 9.70. The lowest BCUT2D eigenvalue weighted by Gasteiger charge is -2.34. The summed E-state index contributed by atoms with van der Waals surface area (Å²) in [5.41, 5.74) is 2.24. The third kappa shape index (κ3) is 4.15. The van der Waals surface area contributed by atoms with E-state index in [1.165, 1.54) is 0 Å². The van der Waals surface area contributed by atoms with Crippen LogP contribution in [0.5, 0.6) is 0 Å². The van der Waals surface area contributed by atoms with Gasteiger partial charge in [-0.1, -0.05) is 19.1 Å². The van der Waals surface area contributed by atoms with Gasteiger partial charge in [-0.25, -0.2) is 8.42 Å². The molecule has 0 N–H and O–H groups in total. The van der Waals surface area contributed by atoms with E-state index in [0.29, 0.717) is 23.7 Å². The van der Waals surface area contributed by atoms with E-state index >= 15 is 0 Å². The zero-order valence-corrected chi connectivity index (χ0v) is 18.0. The molecule has 156 valence electrons. The van der Waals surface area contributed by atoms with Crippen molar-refractivity contribution in [1.82, 2.24) is 19.4 Å². The fourth-order valence-corrected chi connectivity index (χ4v) is 5.81. The Labute approximate surface area is 173 Å². The molecule has 0 amide bonds. The molecule has 2 saturated heterocycles. The van der Waals surface area contributed by atoms with E-state index in [-0.39, 0.29) is 0 Å². The molecule has 7 nitrogen and oxygen atoms in total. The normalized spacial score (nSPS) is 19.0. The number of aryl methyl sites for hydroxylation is 1. The highest BCUT2D eigenvalue weighted by molar-refractivity contribution is 7.89. The second-order valence-electron chi connectivity index (χ2n) is 7.79. The zero-order valence-electron chi connectivity index (χ0n) is 17.2. The van der Waals surface area contributed by atoms with Crippen LogP contribution < -0.4 is 4.90 Å². The van der Waals surface area contributed by atoms with Crippen molar-refractivity contribution in [2.24, 2.45) is 0 Å². The molecule has 2 aromatic rings. The molecule has 0 atom stereocenters.